The van der Waals surface area contributed by atoms with Gasteiger partial charge in [-0.05, 0) is 48.2 Å². The van der Waals surface area contributed by atoms with E-state index in [1.54, 1.807) is 29.5 Å². The van der Waals surface area contributed by atoms with Crippen LogP contribution in [-0.4, -0.2) is 34.8 Å². The van der Waals surface area contributed by atoms with Crippen molar-refractivity contribution < 1.29 is 14.0 Å². The number of amides is 2. The van der Waals surface area contributed by atoms with E-state index in [2.05, 4.69) is 5.32 Å². The highest BCUT2D eigenvalue weighted by molar-refractivity contribution is 7.13. The molecule has 4 rings (SSSR count). The van der Waals surface area contributed by atoms with Crippen LogP contribution in [0.5, 0.6) is 0 Å². The number of nitrogens with zero attached hydrogens (tertiary/aromatic N) is 2. The zero-order chi connectivity index (χ0) is 22.5. The van der Waals surface area contributed by atoms with Crippen molar-refractivity contribution in [1.29, 1.82) is 0 Å². The molecule has 2 heterocycles. The summed E-state index contributed by atoms with van der Waals surface area (Å²) in [6.07, 6.45) is 0. The molecule has 0 bridgehead atoms. The Kier molecular flexibility index (Phi) is 6.56. The van der Waals surface area contributed by atoms with Gasteiger partial charge < -0.3 is 10.2 Å². The van der Waals surface area contributed by atoms with Crippen LogP contribution in [0.3, 0.4) is 0 Å². The number of thiophene rings is 1. The molecule has 0 aliphatic heterocycles. The van der Waals surface area contributed by atoms with Crippen LogP contribution in [0.25, 0.3) is 21.5 Å². The minimum Gasteiger partial charge on any atom is -0.350 e. The van der Waals surface area contributed by atoms with Gasteiger partial charge in [-0.25, -0.2) is 9.37 Å². The standard InChI is InChI=1S/C25H22FN3O2S/c1-2-29(16-24(30)27-15-17-9-11-18(26)12-10-17)25(31)20-14-22(23-8-5-13-32-23)28-21-7-4-3-6-19(20)21/h3-14H,2,15-16H2,1H3,(H,27,30). The lowest BCUT2D eigenvalue weighted by molar-refractivity contribution is -0.121. The number of fused-ring (bicyclic) bond motifs is 1. The fourth-order valence-corrected chi connectivity index (χ4v) is 4.12. The molecule has 5 nitrogen and oxygen atoms in total. The van der Waals surface area contributed by atoms with E-state index in [0.29, 0.717) is 12.1 Å². The number of hydrogen-bond acceptors (Lipinski definition) is 4. The minimum absolute atomic E-state index is 0.0679. The van der Waals surface area contributed by atoms with Crippen molar-refractivity contribution in [2.75, 3.05) is 13.1 Å². The molecule has 7 heteroatoms. The first-order valence-electron chi connectivity index (χ1n) is 10.3. The third-order valence-electron chi connectivity index (χ3n) is 5.13. The molecule has 0 saturated carbocycles. The molecule has 0 aliphatic rings. The van der Waals surface area contributed by atoms with Crippen LogP contribution in [0.15, 0.2) is 72.1 Å². The quantitative estimate of drug-likeness (QED) is 0.439. The first kappa shape index (κ1) is 21.6. The Morgan fingerprint density at radius 1 is 1.06 bits per heavy atom. The van der Waals surface area contributed by atoms with Gasteiger partial charge in [-0.15, -0.1) is 11.3 Å². The van der Waals surface area contributed by atoms with Crippen LogP contribution in [0.1, 0.15) is 22.8 Å². The summed E-state index contributed by atoms with van der Waals surface area (Å²) in [5.41, 5.74) is 2.78. The predicted octanol–water partition coefficient (Wildman–Crippen LogP) is 4.88. The summed E-state index contributed by atoms with van der Waals surface area (Å²) in [5.74, 6) is -0.823. The SMILES string of the molecule is CCN(CC(=O)NCc1ccc(F)cc1)C(=O)c1cc(-c2cccs2)nc2ccccc12. The number of halogens is 1. The normalized spacial score (nSPS) is 10.8. The zero-order valence-electron chi connectivity index (χ0n) is 17.5. The fourth-order valence-electron chi connectivity index (χ4n) is 3.43. The third-order valence-corrected chi connectivity index (χ3v) is 6.02. The number of pyridine rings is 1. The zero-order valence-corrected chi connectivity index (χ0v) is 18.4. The van der Waals surface area contributed by atoms with Gasteiger partial charge in [0.15, 0.2) is 0 Å². The summed E-state index contributed by atoms with van der Waals surface area (Å²) < 4.78 is 13.0. The van der Waals surface area contributed by atoms with Crippen LogP contribution in [0.4, 0.5) is 4.39 Å². The Bertz CT molecular complexity index is 1240. The highest BCUT2D eigenvalue weighted by Crippen LogP contribution is 2.28. The largest absolute Gasteiger partial charge is 0.350 e. The predicted molar refractivity (Wildman–Crippen MR) is 125 cm³/mol. The Hall–Kier alpha value is -3.58. The molecule has 2 aromatic carbocycles. The molecule has 0 radical (unpaired) electrons. The molecular weight excluding hydrogens is 425 g/mol. The van der Waals surface area contributed by atoms with Crippen LogP contribution in [-0.2, 0) is 11.3 Å². The number of carbonyl (C=O) groups excluding carboxylic acids is 2. The van der Waals surface area contributed by atoms with E-state index in [9.17, 15) is 14.0 Å². The topological polar surface area (TPSA) is 62.3 Å². The number of hydrogen-bond donors (Lipinski definition) is 1. The van der Waals surface area contributed by atoms with Gasteiger partial charge >= 0.3 is 0 Å². The first-order chi connectivity index (χ1) is 15.5. The lowest BCUT2D eigenvalue weighted by Crippen LogP contribution is -2.40. The second-order valence-corrected chi connectivity index (χ2v) is 8.22. The number of para-hydroxylation sites is 1. The molecule has 0 fully saturated rings. The Morgan fingerprint density at radius 3 is 2.56 bits per heavy atom. The summed E-state index contributed by atoms with van der Waals surface area (Å²) in [4.78, 5) is 33.2. The average molecular weight is 448 g/mol. The lowest BCUT2D eigenvalue weighted by Gasteiger charge is -2.21. The number of rotatable bonds is 7. The van der Waals surface area contributed by atoms with Gasteiger partial charge in [0.2, 0.25) is 5.91 Å². The molecule has 1 N–H and O–H groups in total. The summed E-state index contributed by atoms with van der Waals surface area (Å²) in [5, 5.41) is 5.52. The first-order valence-corrected chi connectivity index (χ1v) is 11.2. The van der Waals surface area contributed by atoms with Crippen LogP contribution in [0, 0.1) is 5.82 Å². The molecule has 0 spiro atoms. The van der Waals surface area contributed by atoms with Crippen molar-refractivity contribution in [3.05, 3.63) is 89.1 Å². The molecule has 0 unspecified atom stereocenters. The van der Waals surface area contributed by atoms with E-state index in [1.165, 1.54) is 17.0 Å². The lowest BCUT2D eigenvalue weighted by atomic mass is 10.1. The van der Waals surface area contributed by atoms with E-state index in [0.717, 1.165) is 27.0 Å². The molecule has 162 valence electrons. The fraction of sp³-hybridized carbons (Fsp3) is 0.160. The number of nitrogens with one attached hydrogen (secondary N) is 1. The molecule has 0 saturated heterocycles. The minimum atomic E-state index is -0.325. The average Bonchev–Trinajstić information content (AvgIpc) is 3.36. The summed E-state index contributed by atoms with van der Waals surface area (Å²) in [6.45, 7) is 2.43. The molecule has 2 aromatic heterocycles. The Balaban J connectivity index is 1.55. The van der Waals surface area contributed by atoms with Crippen molar-refractivity contribution in [3.63, 3.8) is 0 Å². The smallest absolute Gasteiger partial charge is 0.255 e. The summed E-state index contributed by atoms with van der Waals surface area (Å²) in [7, 11) is 0. The van der Waals surface area contributed by atoms with Gasteiger partial charge in [-0.1, -0.05) is 36.4 Å². The molecule has 32 heavy (non-hydrogen) atoms. The maximum atomic E-state index is 13.4. The highest BCUT2D eigenvalue weighted by atomic mass is 32.1. The second kappa shape index (κ2) is 9.70. The monoisotopic (exact) mass is 447 g/mol. The number of aromatic nitrogens is 1. The van der Waals surface area contributed by atoms with Gasteiger partial charge in [-0.3, -0.25) is 9.59 Å². The van der Waals surface area contributed by atoms with E-state index in [1.807, 2.05) is 48.7 Å². The van der Waals surface area contributed by atoms with Gasteiger partial charge in [0.1, 0.15) is 5.82 Å². The maximum Gasteiger partial charge on any atom is 0.255 e. The number of carbonyl (C=O) groups is 2. The van der Waals surface area contributed by atoms with Gasteiger partial charge in [-0.2, -0.15) is 0 Å². The molecular formula is C25H22FN3O2S. The van der Waals surface area contributed by atoms with Crippen LogP contribution < -0.4 is 5.32 Å². The highest BCUT2D eigenvalue weighted by Gasteiger charge is 2.21. The van der Waals surface area contributed by atoms with Crippen molar-refractivity contribution in [2.24, 2.45) is 0 Å². The van der Waals surface area contributed by atoms with E-state index >= 15 is 0 Å². The van der Waals surface area contributed by atoms with Crippen molar-refractivity contribution >= 4 is 34.1 Å². The molecule has 2 amide bonds. The van der Waals surface area contributed by atoms with Gasteiger partial charge in [0.25, 0.3) is 5.91 Å². The Morgan fingerprint density at radius 2 is 1.84 bits per heavy atom. The third kappa shape index (κ3) is 4.84. The second-order valence-electron chi connectivity index (χ2n) is 7.27. The summed E-state index contributed by atoms with van der Waals surface area (Å²) in [6, 6.07) is 19.2. The van der Waals surface area contributed by atoms with Crippen molar-refractivity contribution in [2.45, 2.75) is 13.5 Å². The van der Waals surface area contributed by atoms with E-state index in [-0.39, 0.29) is 30.7 Å². The Labute approximate surface area is 189 Å². The molecule has 0 atom stereocenters. The maximum absolute atomic E-state index is 13.4. The van der Waals surface area contributed by atoms with Crippen molar-refractivity contribution in [1.82, 2.24) is 15.2 Å². The molecule has 4 aromatic rings. The molecule has 0 aliphatic carbocycles. The van der Waals surface area contributed by atoms with Crippen LogP contribution in [0.2, 0.25) is 0 Å². The van der Waals surface area contributed by atoms with Gasteiger partial charge in [0, 0.05) is 18.5 Å². The number of benzene rings is 2. The summed E-state index contributed by atoms with van der Waals surface area (Å²) >= 11 is 1.56. The van der Waals surface area contributed by atoms with Gasteiger partial charge in [0.05, 0.1) is 28.2 Å². The van der Waals surface area contributed by atoms with Crippen molar-refractivity contribution in [3.8, 4) is 10.6 Å². The van der Waals surface area contributed by atoms with E-state index in [4.69, 9.17) is 4.98 Å². The number of likely N-dealkylation sites (N-methyl/N-ethyl adjacent to an activating group) is 1. The van der Waals surface area contributed by atoms with E-state index < -0.39 is 0 Å². The van der Waals surface area contributed by atoms with Crippen LogP contribution >= 0.6 is 11.3 Å².